The average molecular weight is 206 g/mol. The predicted octanol–water partition coefficient (Wildman–Crippen LogP) is 2.18. The van der Waals surface area contributed by atoms with E-state index in [0.29, 0.717) is 0 Å². The van der Waals surface area contributed by atoms with E-state index in [-0.39, 0.29) is 11.5 Å². The largest absolute Gasteiger partial charge is 0.449 e. The molecule has 2 amide bonds. The van der Waals surface area contributed by atoms with Crippen molar-refractivity contribution in [1.29, 1.82) is 0 Å². The van der Waals surface area contributed by atoms with Crippen LogP contribution in [0.15, 0.2) is 26.8 Å². The molecule has 74 valence electrons. The number of furan rings is 1. The van der Waals surface area contributed by atoms with Crippen LogP contribution < -0.4 is 0 Å². The first-order valence-corrected chi connectivity index (χ1v) is 3.47. The van der Waals surface area contributed by atoms with Crippen molar-refractivity contribution < 1.29 is 14.0 Å². The van der Waals surface area contributed by atoms with E-state index in [9.17, 15) is 9.59 Å². The lowest BCUT2D eigenvalue weighted by molar-refractivity contribution is 0.0951. The first-order valence-electron chi connectivity index (χ1n) is 3.47. The molecule has 0 N–H and O–H groups in total. The Morgan fingerprint density at radius 2 is 1.47 bits per heavy atom. The number of hydrogen-bond acceptors (Lipinski definition) is 3. The second-order valence-electron chi connectivity index (χ2n) is 2.15. The van der Waals surface area contributed by atoms with Crippen LogP contribution in [0.2, 0.25) is 0 Å². The summed E-state index contributed by atoms with van der Waals surface area (Å²) in [5.41, 5.74) is 15.9. The predicted molar refractivity (Wildman–Crippen MR) is 45.7 cm³/mol. The van der Waals surface area contributed by atoms with Gasteiger partial charge in [-0.1, -0.05) is 0 Å². The Bertz CT molecular complexity index is 460. The molecule has 0 spiro atoms. The molecule has 0 aliphatic heterocycles. The smallest absolute Gasteiger partial charge is 0.284 e. The van der Waals surface area contributed by atoms with Crippen LogP contribution in [0, 0.1) is 0 Å². The Hall–Kier alpha value is -2.76. The van der Waals surface area contributed by atoms with Gasteiger partial charge < -0.3 is 4.42 Å². The molecule has 0 radical (unpaired) electrons. The van der Waals surface area contributed by atoms with Crippen LogP contribution in [0.5, 0.6) is 0 Å². The van der Waals surface area contributed by atoms with Gasteiger partial charge in [-0.2, -0.15) is 0 Å². The van der Waals surface area contributed by atoms with E-state index in [2.05, 4.69) is 24.5 Å². The zero-order valence-corrected chi connectivity index (χ0v) is 7.06. The number of amides is 2. The van der Waals surface area contributed by atoms with Gasteiger partial charge in [-0.25, -0.2) is 0 Å². The van der Waals surface area contributed by atoms with Crippen molar-refractivity contribution in [3.63, 3.8) is 0 Å². The summed E-state index contributed by atoms with van der Waals surface area (Å²) in [6, 6.07) is 2.27. The summed E-state index contributed by atoms with van der Waals surface area (Å²) >= 11 is 0. The van der Waals surface area contributed by atoms with Crippen LogP contribution in [0.3, 0.4) is 0 Å². The highest BCUT2D eigenvalue weighted by molar-refractivity contribution is 5.96. The van der Waals surface area contributed by atoms with Gasteiger partial charge in [0.2, 0.25) is 0 Å². The fourth-order valence-electron chi connectivity index (χ4n) is 0.748. The van der Waals surface area contributed by atoms with Gasteiger partial charge in [-0.3, -0.25) is 9.59 Å². The molecule has 9 nitrogen and oxygen atoms in total. The quantitative estimate of drug-likeness (QED) is 0.415. The maximum atomic E-state index is 10.9. The molecule has 1 aromatic heterocycles. The molecule has 0 saturated heterocycles. The van der Waals surface area contributed by atoms with E-state index in [1.807, 2.05) is 0 Å². The van der Waals surface area contributed by atoms with Crippen molar-refractivity contribution in [2.24, 2.45) is 10.2 Å². The van der Waals surface area contributed by atoms with E-state index >= 15 is 0 Å². The highest BCUT2D eigenvalue weighted by Crippen LogP contribution is 2.10. The minimum absolute atomic E-state index is 0.302. The number of nitrogens with zero attached hydrogens (tertiary/aromatic N) is 6. The number of azide groups is 2. The van der Waals surface area contributed by atoms with Gasteiger partial charge in [-0.15, -0.1) is 0 Å². The molecule has 0 bridgehead atoms. The molecule has 0 atom stereocenters. The maximum absolute atomic E-state index is 10.9. The standard InChI is InChI=1S/C6H2N6O3/c7-11-9-5(13)3-1-2-4(15-3)6(14)10-12-8/h1-2H. The third kappa shape index (κ3) is 2.34. The van der Waals surface area contributed by atoms with Crippen molar-refractivity contribution in [2.75, 3.05) is 0 Å². The number of hydrogen-bond donors (Lipinski definition) is 0. The molecule has 1 heterocycles. The number of carbonyl (C=O) groups excluding carboxylic acids is 2. The molecule has 0 saturated carbocycles. The van der Waals surface area contributed by atoms with Crippen molar-refractivity contribution in [1.82, 2.24) is 0 Å². The molecule has 0 aliphatic carbocycles. The molecule has 1 rings (SSSR count). The van der Waals surface area contributed by atoms with Crippen LogP contribution in [0.4, 0.5) is 0 Å². The molecule has 0 aromatic carbocycles. The first kappa shape index (κ1) is 10.3. The van der Waals surface area contributed by atoms with E-state index < -0.39 is 11.8 Å². The third-order valence-electron chi connectivity index (χ3n) is 1.30. The molecular formula is C6H2N6O3. The van der Waals surface area contributed by atoms with Crippen LogP contribution in [-0.4, -0.2) is 11.8 Å². The normalized spacial score (nSPS) is 8.53. The maximum Gasteiger partial charge on any atom is 0.284 e. The number of rotatable bonds is 2. The molecular weight excluding hydrogens is 204 g/mol. The summed E-state index contributed by atoms with van der Waals surface area (Å²) in [5, 5.41) is 5.49. The van der Waals surface area contributed by atoms with Gasteiger partial charge in [0.15, 0.2) is 11.5 Å². The van der Waals surface area contributed by atoms with E-state index in [1.165, 1.54) is 0 Å². The minimum Gasteiger partial charge on any atom is -0.449 e. The average Bonchev–Trinajstić information content (AvgIpc) is 2.67. The lowest BCUT2D eigenvalue weighted by Crippen LogP contribution is -1.91. The SMILES string of the molecule is [N-]=[N+]=NC(=O)c1ccc(C(=O)N=[N+]=[N-])o1. The van der Waals surface area contributed by atoms with Crippen LogP contribution in [0.25, 0.3) is 20.9 Å². The van der Waals surface area contributed by atoms with Gasteiger partial charge in [0.25, 0.3) is 11.8 Å². The lowest BCUT2D eigenvalue weighted by atomic mass is 10.4. The van der Waals surface area contributed by atoms with Gasteiger partial charge >= 0.3 is 0 Å². The lowest BCUT2D eigenvalue weighted by Gasteiger charge is -1.86. The van der Waals surface area contributed by atoms with Crippen molar-refractivity contribution >= 4 is 11.8 Å². The Morgan fingerprint density at radius 1 is 1.07 bits per heavy atom. The second kappa shape index (κ2) is 4.47. The Kier molecular flexibility index (Phi) is 3.08. The van der Waals surface area contributed by atoms with Crippen molar-refractivity contribution in [3.05, 3.63) is 44.5 Å². The zero-order valence-electron chi connectivity index (χ0n) is 7.06. The van der Waals surface area contributed by atoms with Crippen molar-refractivity contribution in [2.45, 2.75) is 0 Å². The summed E-state index contributed by atoms with van der Waals surface area (Å²) in [6.45, 7) is 0. The van der Waals surface area contributed by atoms with Crippen LogP contribution >= 0.6 is 0 Å². The molecule has 0 unspecified atom stereocenters. The van der Waals surface area contributed by atoms with E-state index in [4.69, 9.17) is 11.1 Å². The van der Waals surface area contributed by atoms with Crippen molar-refractivity contribution in [3.8, 4) is 0 Å². The third-order valence-corrected chi connectivity index (χ3v) is 1.30. The van der Waals surface area contributed by atoms with Gasteiger partial charge in [0.1, 0.15) is 0 Å². The molecule has 9 heteroatoms. The monoisotopic (exact) mass is 206 g/mol. The van der Waals surface area contributed by atoms with E-state index in [0.717, 1.165) is 12.1 Å². The fraction of sp³-hybridized carbons (Fsp3) is 0. The summed E-state index contributed by atoms with van der Waals surface area (Å²) < 4.78 is 4.68. The first-order chi connectivity index (χ1) is 7.19. The fourth-order valence-corrected chi connectivity index (χ4v) is 0.748. The molecule has 15 heavy (non-hydrogen) atoms. The summed E-state index contributed by atoms with van der Waals surface area (Å²) in [6.07, 6.45) is 0. The Morgan fingerprint density at radius 3 is 1.80 bits per heavy atom. The Balaban J connectivity index is 2.99. The number of carbonyl (C=O) groups is 2. The topological polar surface area (TPSA) is 145 Å². The summed E-state index contributed by atoms with van der Waals surface area (Å²) in [4.78, 5) is 26.3. The molecule has 0 fully saturated rings. The summed E-state index contributed by atoms with van der Waals surface area (Å²) in [5.74, 6) is -2.52. The highest BCUT2D eigenvalue weighted by atomic mass is 16.4. The summed E-state index contributed by atoms with van der Waals surface area (Å²) in [7, 11) is 0. The van der Waals surface area contributed by atoms with Gasteiger partial charge in [-0.05, 0) is 33.4 Å². The van der Waals surface area contributed by atoms with E-state index in [1.54, 1.807) is 0 Å². The van der Waals surface area contributed by atoms with Crippen LogP contribution in [0.1, 0.15) is 21.1 Å². The Labute approximate surface area is 81.5 Å². The highest BCUT2D eigenvalue weighted by Gasteiger charge is 2.13. The molecule has 0 aliphatic rings. The van der Waals surface area contributed by atoms with Gasteiger partial charge in [0, 0.05) is 9.82 Å². The minimum atomic E-state index is -0.961. The van der Waals surface area contributed by atoms with Crippen LogP contribution in [-0.2, 0) is 0 Å². The van der Waals surface area contributed by atoms with Gasteiger partial charge in [0.05, 0.1) is 0 Å². The molecule has 1 aromatic rings. The second-order valence-corrected chi connectivity index (χ2v) is 2.15. The zero-order chi connectivity index (χ0) is 11.3.